The Morgan fingerprint density at radius 3 is 2.77 bits per heavy atom. The molecule has 116 valence electrons. The SMILES string of the molecule is CC1(C)C2=C(C=CCC2)C2=CC=C(NC3=CCCCC3)CC21. The first-order chi connectivity index (χ1) is 10.7. The third-order valence-corrected chi connectivity index (χ3v) is 6.01. The van der Waals surface area contributed by atoms with E-state index < -0.39 is 0 Å². The average molecular weight is 293 g/mol. The average Bonchev–Trinajstić information content (AvgIpc) is 2.77. The zero-order chi connectivity index (χ0) is 15.2. The molecule has 1 heteroatoms. The fourth-order valence-electron chi connectivity index (χ4n) is 4.69. The smallest absolute Gasteiger partial charge is 0.0155 e. The number of allylic oxidation sites excluding steroid dienone is 10. The van der Waals surface area contributed by atoms with Gasteiger partial charge in [-0.05, 0) is 73.5 Å². The molecule has 1 atom stereocenters. The lowest BCUT2D eigenvalue weighted by atomic mass is 9.72. The molecule has 0 bridgehead atoms. The summed E-state index contributed by atoms with van der Waals surface area (Å²) in [6.07, 6.45) is 20.6. The molecule has 1 unspecified atom stereocenters. The van der Waals surface area contributed by atoms with Crippen molar-refractivity contribution in [1.82, 2.24) is 5.32 Å². The topological polar surface area (TPSA) is 12.0 Å². The Balaban J connectivity index is 1.61. The Morgan fingerprint density at radius 2 is 1.95 bits per heavy atom. The third-order valence-electron chi connectivity index (χ3n) is 6.01. The zero-order valence-electron chi connectivity index (χ0n) is 13.9. The minimum Gasteiger partial charge on any atom is -0.363 e. The van der Waals surface area contributed by atoms with E-state index in [0.29, 0.717) is 11.3 Å². The van der Waals surface area contributed by atoms with Gasteiger partial charge in [-0.25, -0.2) is 0 Å². The molecule has 0 aliphatic heterocycles. The fourth-order valence-corrected chi connectivity index (χ4v) is 4.69. The van der Waals surface area contributed by atoms with Crippen molar-refractivity contribution in [2.24, 2.45) is 11.3 Å². The van der Waals surface area contributed by atoms with Crippen LogP contribution >= 0.6 is 0 Å². The Hall–Kier alpha value is -1.50. The van der Waals surface area contributed by atoms with Gasteiger partial charge in [-0.15, -0.1) is 0 Å². The Morgan fingerprint density at radius 1 is 1.05 bits per heavy atom. The highest BCUT2D eigenvalue weighted by Crippen LogP contribution is 2.56. The highest BCUT2D eigenvalue weighted by molar-refractivity contribution is 5.57. The van der Waals surface area contributed by atoms with E-state index >= 15 is 0 Å². The third kappa shape index (κ3) is 2.22. The first-order valence-electron chi connectivity index (χ1n) is 8.93. The van der Waals surface area contributed by atoms with E-state index in [-0.39, 0.29) is 0 Å². The number of hydrogen-bond donors (Lipinski definition) is 1. The Labute approximate surface area is 134 Å². The molecule has 0 spiro atoms. The summed E-state index contributed by atoms with van der Waals surface area (Å²) in [5.41, 5.74) is 8.00. The summed E-state index contributed by atoms with van der Waals surface area (Å²) in [6, 6.07) is 0. The summed E-state index contributed by atoms with van der Waals surface area (Å²) in [5, 5.41) is 3.73. The molecule has 0 saturated heterocycles. The van der Waals surface area contributed by atoms with Crippen molar-refractivity contribution in [3.05, 3.63) is 58.5 Å². The van der Waals surface area contributed by atoms with Gasteiger partial charge in [0.1, 0.15) is 0 Å². The number of hydrogen-bond acceptors (Lipinski definition) is 1. The molecule has 0 aromatic carbocycles. The summed E-state index contributed by atoms with van der Waals surface area (Å²) in [4.78, 5) is 0. The molecular formula is C21H27N. The van der Waals surface area contributed by atoms with E-state index in [4.69, 9.17) is 0 Å². The van der Waals surface area contributed by atoms with Crippen LogP contribution in [0.25, 0.3) is 0 Å². The van der Waals surface area contributed by atoms with Crippen LogP contribution < -0.4 is 5.32 Å². The molecule has 4 rings (SSSR count). The van der Waals surface area contributed by atoms with Crippen molar-refractivity contribution in [2.75, 3.05) is 0 Å². The lowest BCUT2D eigenvalue weighted by Crippen LogP contribution is -2.27. The van der Waals surface area contributed by atoms with Gasteiger partial charge in [-0.1, -0.05) is 43.7 Å². The molecule has 4 aliphatic rings. The molecule has 0 heterocycles. The van der Waals surface area contributed by atoms with Gasteiger partial charge in [-0.2, -0.15) is 0 Å². The van der Waals surface area contributed by atoms with Gasteiger partial charge >= 0.3 is 0 Å². The summed E-state index contributed by atoms with van der Waals surface area (Å²) >= 11 is 0. The van der Waals surface area contributed by atoms with Gasteiger partial charge in [0.25, 0.3) is 0 Å². The summed E-state index contributed by atoms with van der Waals surface area (Å²) in [6.45, 7) is 4.91. The molecule has 0 saturated carbocycles. The molecule has 1 nitrogen and oxygen atoms in total. The second kappa shape index (κ2) is 5.30. The van der Waals surface area contributed by atoms with Crippen LogP contribution in [-0.4, -0.2) is 0 Å². The van der Waals surface area contributed by atoms with E-state index in [1.54, 1.807) is 16.7 Å². The van der Waals surface area contributed by atoms with Crippen molar-refractivity contribution in [1.29, 1.82) is 0 Å². The minimum atomic E-state index is 0.314. The van der Waals surface area contributed by atoms with Crippen molar-refractivity contribution >= 4 is 0 Å². The molecule has 0 aromatic rings. The molecule has 0 fully saturated rings. The maximum atomic E-state index is 3.73. The van der Waals surface area contributed by atoms with E-state index in [1.165, 1.54) is 49.9 Å². The van der Waals surface area contributed by atoms with Crippen LogP contribution in [0.2, 0.25) is 0 Å². The highest BCUT2D eigenvalue weighted by Gasteiger charge is 2.44. The highest BCUT2D eigenvalue weighted by atomic mass is 14.9. The van der Waals surface area contributed by atoms with E-state index in [1.807, 2.05) is 0 Å². The van der Waals surface area contributed by atoms with Gasteiger partial charge in [-0.3, -0.25) is 0 Å². The van der Waals surface area contributed by atoms with Gasteiger partial charge in [0.2, 0.25) is 0 Å². The summed E-state index contributed by atoms with van der Waals surface area (Å²) in [7, 11) is 0. The van der Waals surface area contributed by atoms with Crippen LogP contribution in [0.5, 0.6) is 0 Å². The van der Waals surface area contributed by atoms with Crippen LogP contribution in [0.3, 0.4) is 0 Å². The van der Waals surface area contributed by atoms with Crippen LogP contribution in [-0.2, 0) is 0 Å². The zero-order valence-corrected chi connectivity index (χ0v) is 13.9. The van der Waals surface area contributed by atoms with Crippen LogP contribution in [0, 0.1) is 11.3 Å². The molecule has 0 aromatic heterocycles. The van der Waals surface area contributed by atoms with Crippen LogP contribution in [0.4, 0.5) is 0 Å². The van der Waals surface area contributed by atoms with E-state index in [2.05, 4.69) is 49.5 Å². The summed E-state index contributed by atoms with van der Waals surface area (Å²) in [5.74, 6) is 0.650. The van der Waals surface area contributed by atoms with E-state index in [9.17, 15) is 0 Å². The van der Waals surface area contributed by atoms with Crippen LogP contribution in [0.1, 0.15) is 58.8 Å². The van der Waals surface area contributed by atoms with Crippen molar-refractivity contribution in [2.45, 2.75) is 58.8 Å². The fraction of sp³-hybridized carbons (Fsp3) is 0.524. The molecule has 0 amide bonds. The predicted octanol–water partition coefficient (Wildman–Crippen LogP) is 5.55. The second-order valence-corrected chi connectivity index (χ2v) is 7.73. The number of fused-ring (bicyclic) bond motifs is 2. The Bertz CT molecular complexity index is 637. The second-order valence-electron chi connectivity index (χ2n) is 7.73. The van der Waals surface area contributed by atoms with E-state index in [0.717, 1.165) is 6.42 Å². The Kier molecular flexibility index (Phi) is 3.40. The molecule has 1 N–H and O–H groups in total. The van der Waals surface area contributed by atoms with Gasteiger partial charge in [0.05, 0.1) is 0 Å². The monoisotopic (exact) mass is 293 g/mol. The maximum Gasteiger partial charge on any atom is 0.0155 e. The van der Waals surface area contributed by atoms with Crippen molar-refractivity contribution in [3.8, 4) is 0 Å². The minimum absolute atomic E-state index is 0.314. The number of rotatable bonds is 2. The van der Waals surface area contributed by atoms with Crippen LogP contribution in [0.15, 0.2) is 58.5 Å². The lowest BCUT2D eigenvalue weighted by Gasteiger charge is -2.34. The quantitative estimate of drug-likeness (QED) is 0.703. The lowest BCUT2D eigenvalue weighted by molar-refractivity contribution is 0.313. The largest absolute Gasteiger partial charge is 0.363 e. The van der Waals surface area contributed by atoms with Gasteiger partial charge in [0.15, 0.2) is 0 Å². The molecule has 0 radical (unpaired) electrons. The first-order valence-corrected chi connectivity index (χ1v) is 8.93. The summed E-state index contributed by atoms with van der Waals surface area (Å²) < 4.78 is 0. The maximum absolute atomic E-state index is 3.73. The van der Waals surface area contributed by atoms with Crippen molar-refractivity contribution < 1.29 is 0 Å². The molecule has 22 heavy (non-hydrogen) atoms. The standard InChI is InChI=1S/C21H27N/c1-21(2)19-11-7-6-10-17(19)18-13-12-16(14-20(18)21)22-15-8-4-3-5-9-15/h6,8,10,12-13,20,22H,3-5,7,9,11,14H2,1-2H3. The number of nitrogens with one attached hydrogen (secondary N) is 1. The molecular weight excluding hydrogens is 266 g/mol. The predicted molar refractivity (Wildman–Crippen MR) is 93.1 cm³/mol. The molecule has 4 aliphatic carbocycles. The van der Waals surface area contributed by atoms with Gasteiger partial charge in [0, 0.05) is 11.4 Å². The normalized spacial score (nSPS) is 29.4. The first kappa shape index (κ1) is 14.1. The van der Waals surface area contributed by atoms with Gasteiger partial charge < -0.3 is 5.32 Å². The van der Waals surface area contributed by atoms with Crippen molar-refractivity contribution in [3.63, 3.8) is 0 Å².